The topological polar surface area (TPSA) is 119 Å². The van der Waals surface area contributed by atoms with Crippen LogP contribution < -0.4 is 16.2 Å². The number of hydrogen-bond donors (Lipinski definition) is 2. The third-order valence-corrected chi connectivity index (χ3v) is 4.82. The van der Waals surface area contributed by atoms with Gasteiger partial charge in [-0.3, -0.25) is 24.3 Å². The van der Waals surface area contributed by atoms with Crippen molar-refractivity contribution in [2.24, 2.45) is 0 Å². The number of carbonyl (C=O) groups is 3. The highest BCUT2D eigenvalue weighted by Crippen LogP contribution is 2.19. The normalized spacial score (nSPS) is 13.2. The molecule has 10 heteroatoms. The van der Waals surface area contributed by atoms with Crippen molar-refractivity contribution in [3.05, 3.63) is 34.6 Å². The number of hydrogen-bond acceptors (Lipinski definition) is 7. The number of ether oxygens (including phenoxy) is 1. The molecule has 3 rings (SSSR count). The lowest BCUT2D eigenvalue weighted by atomic mass is 10.2. The molecule has 0 unspecified atom stereocenters. The summed E-state index contributed by atoms with van der Waals surface area (Å²) in [5.74, 6) is -1.27. The second-order valence-electron chi connectivity index (χ2n) is 5.96. The molecule has 1 aromatic heterocycles. The second-order valence-corrected chi connectivity index (χ2v) is 6.91. The van der Waals surface area contributed by atoms with Crippen molar-refractivity contribution in [2.75, 3.05) is 12.9 Å². The summed E-state index contributed by atoms with van der Waals surface area (Å²) in [6, 6.07) is 6.32. The molecule has 142 valence electrons. The fraction of sp³-hybridized carbons (Fsp3) is 0.353. The van der Waals surface area contributed by atoms with Gasteiger partial charge in [-0.15, -0.1) is 0 Å². The van der Waals surface area contributed by atoms with E-state index in [1.54, 1.807) is 24.3 Å². The molecule has 9 nitrogen and oxygen atoms in total. The first kappa shape index (κ1) is 18.9. The summed E-state index contributed by atoms with van der Waals surface area (Å²) in [6.07, 6.45) is 1.83. The minimum Gasteiger partial charge on any atom is -0.468 e. The van der Waals surface area contributed by atoms with Crippen LogP contribution in [-0.4, -0.2) is 46.4 Å². The number of aromatic nitrogens is 2. The molecule has 0 radical (unpaired) electrons. The van der Waals surface area contributed by atoms with E-state index < -0.39 is 23.5 Å². The van der Waals surface area contributed by atoms with Crippen molar-refractivity contribution < 1.29 is 19.1 Å². The molecular formula is C17H18N4O5S. The van der Waals surface area contributed by atoms with Crippen LogP contribution in [0.15, 0.2) is 34.2 Å². The van der Waals surface area contributed by atoms with Crippen molar-refractivity contribution in [2.45, 2.75) is 30.6 Å². The number of thioether (sulfide) groups is 1. The molecule has 1 aliphatic carbocycles. The number of imide groups is 1. The molecule has 0 spiro atoms. The van der Waals surface area contributed by atoms with Gasteiger partial charge in [0.25, 0.3) is 5.56 Å². The van der Waals surface area contributed by atoms with Gasteiger partial charge in [-0.05, 0) is 25.0 Å². The van der Waals surface area contributed by atoms with E-state index in [9.17, 15) is 19.2 Å². The van der Waals surface area contributed by atoms with Gasteiger partial charge in [0.15, 0.2) is 5.16 Å². The summed E-state index contributed by atoms with van der Waals surface area (Å²) < 4.78 is 5.79. The van der Waals surface area contributed by atoms with Gasteiger partial charge in [0.1, 0.15) is 6.54 Å². The Hall–Kier alpha value is -2.88. The summed E-state index contributed by atoms with van der Waals surface area (Å²) in [6.45, 7) is -0.320. The quantitative estimate of drug-likeness (QED) is 0.422. The summed E-state index contributed by atoms with van der Waals surface area (Å²) in [4.78, 5) is 52.3. The van der Waals surface area contributed by atoms with E-state index in [1.165, 1.54) is 7.11 Å². The molecule has 2 N–H and O–H groups in total. The van der Waals surface area contributed by atoms with E-state index in [-0.39, 0.29) is 23.5 Å². The molecule has 3 amide bonds. The molecule has 1 fully saturated rings. The molecule has 0 aliphatic heterocycles. The fourth-order valence-electron chi connectivity index (χ4n) is 2.33. The van der Waals surface area contributed by atoms with Gasteiger partial charge in [0, 0.05) is 6.04 Å². The Morgan fingerprint density at radius 1 is 1.30 bits per heavy atom. The Balaban J connectivity index is 1.77. The third kappa shape index (κ3) is 4.85. The lowest BCUT2D eigenvalue weighted by Gasteiger charge is -2.12. The van der Waals surface area contributed by atoms with Crippen LogP contribution in [0.1, 0.15) is 12.8 Å². The summed E-state index contributed by atoms with van der Waals surface area (Å²) >= 11 is 0.965. The first-order chi connectivity index (χ1) is 13.0. The van der Waals surface area contributed by atoms with Crippen molar-refractivity contribution >= 4 is 40.6 Å². The summed E-state index contributed by atoms with van der Waals surface area (Å²) in [5.41, 5.74) is 0.0541. The Morgan fingerprint density at radius 3 is 2.74 bits per heavy atom. The zero-order valence-corrected chi connectivity index (χ0v) is 15.4. The Kier molecular flexibility index (Phi) is 5.75. The number of urea groups is 1. The van der Waals surface area contributed by atoms with Gasteiger partial charge >= 0.3 is 12.0 Å². The standard InChI is InChI=1S/C17H18N4O5S/c1-26-14(23)8-21-15(24)11-4-2-3-5-12(11)19-17(21)27-9-13(22)20-16(25)18-10-6-7-10/h2-5,10H,6-9H2,1H3,(H2,18,20,22,25). The molecule has 0 saturated heterocycles. The predicted octanol–water partition coefficient (Wildman–Crippen LogP) is 0.650. The van der Waals surface area contributed by atoms with Crippen LogP contribution in [0.3, 0.4) is 0 Å². The van der Waals surface area contributed by atoms with Gasteiger partial charge < -0.3 is 10.1 Å². The van der Waals surface area contributed by atoms with E-state index >= 15 is 0 Å². The Bertz CT molecular complexity index is 954. The number of amides is 3. The van der Waals surface area contributed by atoms with E-state index in [2.05, 4.69) is 20.4 Å². The van der Waals surface area contributed by atoms with Gasteiger partial charge in [0.05, 0.1) is 23.8 Å². The van der Waals surface area contributed by atoms with Crippen molar-refractivity contribution in [1.29, 1.82) is 0 Å². The third-order valence-electron chi connectivity index (χ3n) is 3.84. The maximum atomic E-state index is 12.7. The molecule has 1 heterocycles. The lowest BCUT2D eigenvalue weighted by Crippen LogP contribution is -2.41. The molecule has 27 heavy (non-hydrogen) atoms. The number of nitrogens with one attached hydrogen (secondary N) is 2. The van der Waals surface area contributed by atoms with Gasteiger partial charge in [0.2, 0.25) is 5.91 Å². The lowest BCUT2D eigenvalue weighted by molar-refractivity contribution is -0.141. The average Bonchev–Trinajstić information content (AvgIpc) is 3.46. The molecule has 1 aromatic carbocycles. The smallest absolute Gasteiger partial charge is 0.325 e. The zero-order valence-electron chi connectivity index (χ0n) is 14.6. The van der Waals surface area contributed by atoms with Gasteiger partial charge in [-0.1, -0.05) is 23.9 Å². The maximum Gasteiger partial charge on any atom is 0.325 e. The van der Waals surface area contributed by atoms with Crippen LogP contribution in [0.5, 0.6) is 0 Å². The largest absolute Gasteiger partial charge is 0.468 e. The predicted molar refractivity (Wildman–Crippen MR) is 98.4 cm³/mol. The average molecular weight is 390 g/mol. The highest BCUT2D eigenvalue weighted by Gasteiger charge is 2.24. The Labute approximate surface area is 158 Å². The number of esters is 1. The van der Waals surface area contributed by atoms with E-state index in [4.69, 9.17) is 0 Å². The number of rotatable bonds is 6. The van der Waals surface area contributed by atoms with E-state index in [0.717, 1.165) is 29.2 Å². The number of para-hydroxylation sites is 1. The number of methoxy groups -OCH3 is 1. The van der Waals surface area contributed by atoms with E-state index in [0.29, 0.717) is 10.9 Å². The highest BCUT2D eigenvalue weighted by molar-refractivity contribution is 7.99. The van der Waals surface area contributed by atoms with Crippen molar-refractivity contribution in [3.63, 3.8) is 0 Å². The molecule has 0 atom stereocenters. The summed E-state index contributed by atoms with van der Waals surface area (Å²) in [5, 5.41) is 5.43. The number of carbonyl (C=O) groups excluding carboxylic acids is 3. The maximum absolute atomic E-state index is 12.7. The highest BCUT2D eigenvalue weighted by atomic mass is 32.2. The van der Waals surface area contributed by atoms with Crippen LogP contribution in [0.2, 0.25) is 0 Å². The number of benzene rings is 1. The second kappa shape index (κ2) is 8.21. The number of nitrogens with zero attached hydrogens (tertiary/aromatic N) is 2. The molecule has 1 aliphatic rings. The van der Waals surface area contributed by atoms with Crippen LogP contribution >= 0.6 is 11.8 Å². The van der Waals surface area contributed by atoms with Crippen LogP contribution in [0.4, 0.5) is 4.79 Å². The minimum atomic E-state index is -0.607. The van der Waals surface area contributed by atoms with E-state index in [1.807, 2.05) is 0 Å². The minimum absolute atomic E-state index is 0.135. The Morgan fingerprint density at radius 2 is 2.04 bits per heavy atom. The molecular weight excluding hydrogens is 372 g/mol. The first-order valence-corrected chi connectivity index (χ1v) is 9.26. The monoisotopic (exact) mass is 390 g/mol. The SMILES string of the molecule is COC(=O)Cn1c(SCC(=O)NC(=O)NC2CC2)nc2ccccc2c1=O. The van der Waals surface area contributed by atoms with Crippen LogP contribution in [-0.2, 0) is 20.9 Å². The van der Waals surface area contributed by atoms with Crippen LogP contribution in [0, 0.1) is 0 Å². The molecule has 2 aromatic rings. The fourth-order valence-corrected chi connectivity index (χ4v) is 3.13. The molecule has 1 saturated carbocycles. The van der Waals surface area contributed by atoms with Gasteiger partial charge in [-0.2, -0.15) is 0 Å². The molecule has 0 bridgehead atoms. The number of fused-ring (bicyclic) bond motifs is 1. The summed E-state index contributed by atoms with van der Waals surface area (Å²) in [7, 11) is 1.22. The zero-order chi connectivity index (χ0) is 19.4. The van der Waals surface area contributed by atoms with Crippen molar-refractivity contribution in [1.82, 2.24) is 20.2 Å². The van der Waals surface area contributed by atoms with Gasteiger partial charge in [-0.25, -0.2) is 9.78 Å². The first-order valence-electron chi connectivity index (χ1n) is 8.27. The van der Waals surface area contributed by atoms with Crippen LogP contribution in [0.25, 0.3) is 10.9 Å². The van der Waals surface area contributed by atoms with Crippen molar-refractivity contribution in [3.8, 4) is 0 Å².